The van der Waals surface area contributed by atoms with Crippen LogP contribution in [0.15, 0.2) is 30.6 Å². The lowest BCUT2D eigenvalue weighted by atomic mass is 9.79. The van der Waals surface area contributed by atoms with E-state index >= 15 is 0 Å². The number of aromatic nitrogens is 4. The zero-order chi connectivity index (χ0) is 15.4. The molecule has 0 aliphatic heterocycles. The fraction of sp³-hybridized carbons (Fsp3) is 0.467. The summed E-state index contributed by atoms with van der Waals surface area (Å²) in [6.07, 6.45) is 5.67. The second-order valence-electron chi connectivity index (χ2n) is 5.78. The molecule has 1 fully saturated rings. The van der Waals surface area contributed by atoms with Gasteiger partial charge in [0, 0.05) is 12.0 Å². The zero-order valence-corrected chi connectivity index (χ0v) is 12.2. The van der Waals surface area contributed by atoms with Gasteiger partial charge in [0.15, 0.2) is 0 Å². The number of rotatable bonds is 5. The summed E-state index contributed by atoms with van der Waals surface area (Å²) in [4.78, 5) is 12.0. The number of tetrazole rings is 1. The summed E-state index contributed by atoms with van der Waals surface area (Å²) < 4.78 is 14.5. The van der Waals surface area contributed by atoms with Crippen LogP contribution in [0.1, 0.15) is 31.2 Å². The highest BCUT2D eigenvalue weighted by Crippen LogP contribution is 2.40. The third kappa shape index (κ3) is 3.13. The van der Waals surface area contributed by atoms with Gasteiger partial charge in [0.05, 0.1) is 0 Å². The number of hydrogen-bond donors (Lipinski definition) is 1. The molecule has 0 bridgehead atoms. The van der Waals surface area contributed by atoms with Gasteiger partial charge in [0.25, 0.3) is 0 Å². The molecule has 1 N–H and O–H groups in total. The number of amides is 1. The Kier molecular flexibility index (Phi) is 4.13. The van der Waals surface area contributed by atoms with Gasteiger partial charge in [-0.3, -0.25) is 4.79 Å². The summed E-state index contributed by atoms with van der Waals surface area (Å²) in [5.41, 5.74) is 0.999. The van der Waals surface area contributed by atoms with E-state index in [1.165, 1.54) is 23.1 Å². The molecule has 1 heterocycles. The van der Waals surface area contributed by atoms with Gasteiger partial charge in [-0.1, -0.05) is 25.0 Å². The minimum Gasteiger partial charge on any atom is -0.354 e. The lowest BCUT2D eigenvalue weighted by molar-refractivity contribution is -0.122. The average Bonchev–Trinajstić information content (AvgIpc) is 3.18. The van der Waals surface area contributed by atoms with Gasteiger partial charge in [-0.2, -0.15) is 0 Å². The van der Waals surface area contributed by atoms with Crippen molar-refractivity contribution in [1.29, 1.82) is 0 Å². The summed E-state index contributed by atoms with van der Waals surface area (Å²) in [7, 11) is 0. The second-order valence-corrected chi connectivity index (χ2v) is 5.78. The first kappa shape index (κ1) is 14.6. The third-order valence-electron chi connectivity index (χ3n) is 4.34. The van der Waals surface area contributed by atoms with Gasteiger partial charge < -0.3 is 5.32 Å². The largest absolute Gasteiger partial charge is 0.354 e. The number of benzene rings is 1. The molecule has 0 saturated heterocycles. The first-order chi connectivity index (χ1) is 10.7. The predicted molar refractivity (Wildman–Crippen MR) is 77.4 cm³/mol. The minimum absolute atomic E-state index is 0.0933. The molecule has 7 heteroatoms. The Morgan fingerprint density at radius 2 is 2.00 bits per heavy atom. The van der Waals surface area contributed by atoms with Crippen LogP contribution < -0.4 is 5.32 Å². The lowest BCUT2D eigenvalue weighted by Gasteiger charge is -2.30. The molecule has 2 aromatic rings. The maximum Gasteiger partial charge on any atom is 0.241 e. The van der Waals surface area contributed by atoms with Gasteiger partial charge in [0.1, 0.15) is 18.7 Å². The van der Waals surface area contributed by atoms with E-state index in [9.17, 15) is 9.18 Å². The van der Waals surface area contributed by atoms with Crippen molar-refractivity contribution in [3.63, 3.8) is 0 Å². The highest BCUT2D eigenvalue weighted by atomic mass is 19.1. The Morgan fingerprint density at radius 1 is 1.27 bits per heavy atom. The lowest BCUT2D eigenvalue weighted by Crippen LogP contribution is -2.40. The van der Waals surface area contributed by atoms with E-state index in [0.29, 0.717) is 6.54 Å². The monoisotopic (exact) mass is 303 g/mol. The van der Waals surface area contributed by atoms with Crippen LogP contribution >= 0.6 is 0 Å². The standard InChI is InChI=1S/C15H18FN5O/c16-13-5-3-12(4-6-13)15(7-1-2-8-15)10-17-14(22)9-21-11-18-19-20-21/h3-6,11H,1-2,7-10H2,(H,17,22). The van der Waals surface area contributed by atoms with E-state index in [4.69, 9.17) is 0 Å². The summed E-state index contributed by atoms with van der Waals surface area (Å²) in [5, 5.41) is 13.6. The quantitative estimate of drug-likeness (QED) is 0.907. The number of carbonyl (C=O) groups excluding carboxylic acids is 1. The van der Waals surface area contributed by atoms with Crippen molar-refractivity contribution in [2.24, 2.45) is 0 Å². The van der Waals surface area contributed by atoms with Crippen molar-refractivity contribution in [2.75, 3.05) is 6.54 Å². The Hall–Kier alpha value is -2.31. The van der Waals surface area contributed by atoms with Gasteiger partial charge in [-0.15, -0.1) is 5.10 Å². The second kappa shape index (κ2) is 6.21. The van der Waals surface area contributed by atoms with E-state index < -0.39 is 0 Å². The topological polar surface area (TPSA) is 72.7 Å². The van der Waals surface area contributed by atoms with Crippen LogP contribution in [-0.4, -0.2) is 32.7 Å². The Balaban J connectivity index is 1.67. The van der Waals surface area contributed by atoms with Crippen molar-refractivity contribution in [2.45, 2.75) is 37.6 Å². The number of halogens is 1. The van der Waals surface area contributed by atoms with Gasteiger partial charge in [-0.05, 0) is 41.0 Å². The Morgan fingerprint density at radius 3 is 2.64 bits per heavy atom. The predicted octanol–water partition coefficient (Wildman–Crippen LogP) is 1.44. The highest BCUT2D eigenvalue weighted by Gasteiger charge is 2.35. The first-order valence-electron chi connectivity index (χ1n) is 7.41. The molecular weight excluding hydrogens is 285 g/mol. The number of carbonyl (C=O) groups is 1. The highest BCUT2D eigenvalue weighted by molar-refractivity contribution is 5.75. The molecule has 1 aliphatic rings. The SMILES string of the molecule is O=C(Cn1cnnn1)NCC1(c2ccc(F)cc2)CCCC1. The third-order valence-corrected chi connectivity index (χ3v) is 4.34. The Labute approximate surface area is 127 Å². The number of nitrogens with one attached hydrogen (secondary N) is 1. The molecule has 1 aliphatic carbocycles. The van der Waals surface area contributed by atoms with E-state index in [-0.39, 0.29) is 23.7 Å². The van der Waals surface area contributed by atoms with Crippen molar-refractivity contribution < 1.29 is 9.18 Å². The van der Waals surface area contributed by atoms with Crippen LogP contribution in [0.4, 0.5) is 4.39 Å². The molecule has 1 amide bonds. The van der Waals surface area contributed by atoms with Crippen molar-refractivity contribution in [1.82, 2.24) is 25.5 Å². The maximum atomic E-state index is 13.1. The van der Waals surface area contributed by atoms with Crippen LogP contribution in [0.2, 0.25) is 0 Å². The molecule has 1 aromatic carbocycles. The molecule has 116 valence electrons. The molecular formula is C15H18FN5O. The minimum atomic E-state index is -0.236. The van der Waals surface area contributed by atoms with Crippen LogP contribution in [0.3, 0.4) is 0 Å². The summed E-state index contributed by atoms with van der Waals surface area (Å²) >= 11 is 0. The number of hydrogen-bond acceptors (Lipinski definition) is 4. The fourth-order valence-corrected chi connectivity index (χ4v) is 3.15. The van der Waals surface area contributed by atoms with E-state index in [1.807, 2.05) is 12.1 Å². The molecule has 0 radical (unpaired) electrons. The van der Waals surface area contributed by atoms with Crippen LogP contribution in [-0.2, 0) is 16.8 Å². The zero-order valence-electron chi connectivity index (χ0n) is 12.2. The molecule has 1 saturated carbocycles. The summed E-state index contributed by atoms with van der Waals surface area (Å²) in [6.45, 7) is 0.659. The van der Waals surface area contributed by atoms with Crippen LogP contribution in [0, 0.1) is 5.82 Å². The fourth-order valence-electron chi connectivity index (χ4n) is 3.15. The number of nitrogens with zero attached hydrogens (tertiary/aromatic N) is 4. The molecule has 0 unspecified atom stereocenters. The van der Waals surface area contributed by atoms with Crippen molar-refractivity contribution in [3.8, 4) is 0 Å². The summed E-state index contributed by atoms with van der Waals surface area (Å²) in [5.74, 6) is -0.361. The van der Waals surface area contributed by atoms with Gasteiger partial charge in [0.2, 0.25) is 5.91 Å². The van der Waals surface area contributed by atoms with Crippen molar-refractivity contribution >= 4 is 5.91 Å². The van der Waals surface area contributed by atoms with Gasteiger partial charge >= 0.3 is 0 Å². The van der Waals surface area contributed by atoms with E-state index in [1.54, 1.807) is 0 Å². The first-order valence-corrected chi connectivity index (χ1v) is 7.41. The van der Waals surface area contributed by atoms with E-state index in [2.05, 4.69) is 20.8 Å². The maximum absolute atomic E-state index is 13.1. The molecule has 6 nitrogen and oxygen atoms in total. The molecule has 0 atom stereocenters. The summed E-state index contributed by atoms with van der Waals surface area (Å²) in [6, 6.07) is 6.62. The smallest absolute Gasteiger partial charge is 0.241 e. The normalized spacial score (nSPS) is 16.6. The molecule has 1 aromatic heterocycles. The molecule has 0 spiro atoms. The Bertz CT molecular complexity index is 620. The van der Waals surface area contributed by atoms with Gasteiger partial charge in [-0.25, -0.2) is 9.07 Å². The van der Waals surface area contributed by atoms with E-state index in [0.717, 1.165) is 31.2 Å². The van der Waals surface area contributed by atoms with Crippen LogP contribution in [0.25, 0.3) is 0 Å². The average molecular weight is 303 g/mol. The molecule has 22 heavy (non-hydrogen) atoms. The molecule has 3 rings (SSSR count). The van der Waals surface area contributed by atoms with Crippen LogP contribution in [0.5, 0.6) is 0 Å². The van der Waals surface area contributed by atoms with Crippen molar-refractivity contribution in [3.05, 3.63) is 42.0 Å².